The number of ether oxygens (including phenoxy) is 1. The van der Waals surface area contributed by atoms with Crippen LogP contribution in [-0.2, 0) is 10.2 Å². The van der Waals surface area contributed by atoms with E-state index in [9.17, 15) is 9.18 Å². The molecule has 0 aliphatic heterocycles. The number of carbonyl (C=O) groups is 1. The molecule has 1 heterocycles. The summed E-state index contributed by atoms with van der Waals surface area (Å²) in [5.74, 6) is 1.06. The summed E-state index contributed by atoms with van der Waals surface area (Å²) in [4.78, 5) is 11.8. The van der Waals surface area contributed by atoms with Crippen LogP contribution in [0.15, 0.2) is 34.9 Å². The maximum absolute atomic E-state index is 13.0. The molecule has 0 aliphatic carbocycles. The molecular weight excluding hydrogens is 299 g/mol. The van der Waals surface area contributed by atoms with Gasteiger partial charge in [0.15, 0.2) is 5.82 Å². The van der Waals surface area contributed by atoms with Crippen molar-refractivity contribution in [1.82, 2.24) is 5.16 Å². The molecule has 0 saturated carbocycles. The molecule has 2 rings (SSSR count). The fourth-order valence-corrected chi connectivity index (χ4v) is 1.87. The van der Waals surface area contributed by atoms with Crippen LogP contribution in [0.4, 0.5) is 10.2 Å². The van der Waals surface area contributed by atoms with Crippen LogP contribution in [0, 0.1) is 5.82 Å². The van der Waals surface area contributed by atoms with Crippen molar-refractivity contribution in [2.45, 2.75) is 39.0 Å². The SMILES string of the molecule is CC(C)(C)c1cc(NC(=O)CCCOc2cccc(F)c2)no1. The van der Waals surface area contributed by atoms with Gasteiger partial charge >= 0.3 is 0 Å². The van der Waals surface area contributed by atoms with Crippen molar-refractivity contribution in [3.63, 3.8) is 0 Å². The molecule has 0 atom stereocenters. The van der Waals surface area contributed by atoms with Crippen LogP contribution in [0.25, 0.3) is 0 Å². The highest BCUT2D eigenvalue weighted by Gasteiger charge is 2.20. The van der Waals surface area contributed by atoms with E-state index in [1.807, 2.05) is 20.8 Å². The van der Waals surface area contributed by atoms with Crippen molar-refractivity contribution < 1.29 is 18.4 Å². The topological polar surface area (TPSA) is 64.4 Å². The third-order valence-corrected chi connectivity index (χ3v) is 3.13. The van der Waals surface area contributed by atoms with Crippen molar-refractivity contribution in [2.24, 2.45) is 0 Å². The lowest BCUT2D eigenvalue weighted by Gasteiger charge is -2.12. The van der Waals surface area contributed by atoms with E-state index in [1.54, 1.807) is 18.2 Å². The Hall–Kier alpha value is -2.37. The molecule has 1 N–H and O–H groups in total. The molecular formula is C17H21FN2O3. The summed E-state index contributed by atoms with van der Waals surface area (Å²) >= 11 is 0. The molecule has 1 amide bonds. The molecule has 0 radical (unpaired) electrons. The van der Waals surface area contributed by atoms with E-state index < -0.39 is 0 Å². The lowest BCUT2D eigenvalue weighted by molar-refractivity contribution is -0.116. The van der Waals surface area contributed by atoms with Crippen LogP contribution in [0.2, 0.25) is 0 Å². The Morgan fingerprint density at radius 1 is 1.35 bits per heavy atom. The van der Waals surface area contributed by atoms with E-state index >= 15 is 0 Å². The Bertz CT molecular complexity index is 662. The summed E-state index contributed by atoms with van der Waals surface area (Å²) in [6.45, 7) is 6.34. The second-order valence-corrected chi connectivity index (χ2v) is 6.28. The summed E-state index contributed by atoms with van der Waals surface area (Å²) in [7, 11) is 0. The normalized spacial score (nSPS) is 11.3. The van der Waals surface area contributed by atoms with E-state index in [4.69, 9.17) is 9.26 Å². The Morgan fingerprint density at radius 3 is 2.78 bits per heavy atom. The number of amides is 1. The third kappa shape index (κ3) is 5.39. The monoisotopic (exact) mass is 320 g/mol. The number of rotatable bonds is 6. The number of hydrogen-bond donors (Lipinski definition) is 1. The minimum atomic E-state index is -0.346. The molecule has 23 heavy (non-hydrogen) atoms. The summed E-state index contributed by atoms with van der Waals surface area (Å²) in [5, 5.41) is 6.51. The maximum atomic E-state index is 13.0. The Morgan fingerprint density at radius 2 is 2.13 bits per heavy atom. The van der Waals surface area contributed by atoms with E-state index in [1.165, 1.54) is 12.1 Å². The van der Waals surface area contributed by atoms with E-state index in [2.05, 4.69) is 10.5 Å². The molecule has 5 nitrogen and oxygen atoms in total. The number of nitrogens with one attached hydrogen (secondary N) is 1. The Labute approximate surface area is 134 Å². The first kappa shape index (κ1) is 17.0. The number of aromatic nitrogens is 1. The first-order valence-corrected chi connectivity index (χ1v) is 7.50. The Balaban J connectivity index is 1.72. The molecule has 0 unspecified atom stereocenters. The summed E-state index contributed by atoms with van der Waals surface area (Å²) in [6, 6.07) is 7.63. The molecule has 0 fully saturated rings. The minimum absolute atomic E-state index is 0.158. The van der Waals surface area contributed by atoms with Gasteiger partial charge in [0, 0.05) is 24.0 Å². The fraction of sp³-hybridized carbons (Fsp3) is 0.412. The van der Waals surface area contributed by atoms with Gasteiger partial charge in [-0.3, -0.25) is 4.79 Å². The van der Waals surface area contributed by atoms with E-state index in [-0.39, 0.29) is 23.6 Å². The van der Waals surface area contributed by atoms with Crippen LogP contribution in [0.5, 0.6) is 5.75 Å². The first-order chi connectivity index (χ1) is 10.8. The maximum Gasteiger partial charge on any atom is 0.225 e. The van der Waals surface area contributed by atoms with Gasteiger partial charge in [0.1, 0.15) is 17.3 Å². The van der Waals surface area contributed by atoms with Gasteiger partial charge in [-0.15, -0.1) is 0 Å². The molecule has 0 aliphatic rings. The molecule has 0 spiro atoms. The molecule has 0 saturated heterocycles. The first-order valence-electron chi connectivity index (χ1n) is 7.50. The van der Waals surface area contributed by atoms with Gasteiger partial charge in [0.25, 0.3) is 0 Å². The summed E-state index contributed by atoms with van der Waals surface area (Å²) < 4.78 is 23.6. The number of nitrogens with zero attached hydrogens (tertiary/aromatic N) is 1. The quantitative estimate of drug-likeness (QED) is 0.820. The second-order valence-electron chi connectivity index (χ2n) is 6.28. The molecule has 6 heteroatoms. The second kappa shape index (κ2) is 7.26. The van der Waals surface area contributed by atoms with Crippen molar-refractivity contribution >= 4 is 11.7 Å². The lowest BCUT2D eigenvalue weighted by Crippen LogP contribution is -2.13. The minimum Gasteiger partial charge on any atom is -0.493 e. The van der Waals surface area contributed by atoms with Crippen molar-refractivity contribution in [1.29, 1.82) is 0 Å². The number of carbonyl (C=O) groups excluding carboxylic acids is 1. The van der Waals surface area contributed by atoms with Crippen LogP contribution in [-0.4, -0.2) is 17.7 Å². The molecule has 1 aromatic heterocycles. The zero-order chi connectivity index (χ0) is 16.9. The van der Waals surface area contributed by atoms with Gasteiger partial charge in [-0.2, -0.15) is 0 Å². The molecule has 2 aromatic rings. The smallest absolute Gasteiger partial charge is 0.225 e. The zero-order valence-electron chi connectivity index (χ0n) is 13.6. The fourth-order valence-electron chi connectivity index (χ4n) is 1.87. The van der Waals surface area contributed by atoms with Gasteiger partial charge in [-0.05, 0) is 18.6 Å². The highest BCUT2D eigenvalue weighted by Crippen LogP contribution is 2.24. The third-order valence-electron chi connectivity index (χ3n) is 3.13. The van der Waals surface area contributed by atoms with Crippen molar-refractivity contribution in [3.8, 4) is 5.75 Å². The predicted octanol–water partition coefficient (Wildman–Crippen LogP) is 3.91. The average Bonchev–Trinajstić information content (AvgIpc) is 2.92. The number of benzene rings is 1. The van der Waals surface area contributed by atoms with Crippen LogP contribution >= 0.6 is 0 Å². The largest absolute Gasteiger partial charge is 0.493 e. The predicted molar refractivity (Wildman–Crippen MR) is 85.0 cm³/mol. The van der Waals surface area contributed by atoms with Gasteiger partial charge in [-0.25, -0.2) is 4.39 Å². The molecule has 124 valence electrons. The highest BCUT2D eigenvalue weighted by atomic mass is 19.1. The summed E-state index contributed by atoms with van der Waals surface area (Å²) in [5.41, 5.74) is -0.158. The van der Waals surface area contributed by atoms with E-state index in [0.717, 1.165) is 0 Å². The highest BCUT2D eigenvalue weighted by molar-refractivity contribution is 5.89. The van der Waals surface area contributed by atoms with Crippen LogP contribution in [0.1, 0.15) is 39.4 Å². The average molecular weight is 320 g/mol. The zero-order valence-corrected chi connectivity index (χ0v) is 13.6. The molecule has 1 aromatic carbocycles. The number of anilines is 1. The Kier molecular flexibility index (Phi) is 5.36. The number of halogens is 1. The van der Waals surface area contributed by atoms with Gasteiger partial charge in [0.05, 0.1) is 6.61 Å². The van der Waals surface area contributed by atoms with Crippen LogP contribution in [0.3, 0.4) is 0 Å². The van der Waals surface area contributed by atoms with Crippen LogP contribution < -0.4 is 10.1 Å². The van der Waals surface area contributed by atoms with E-state index in [0.29, 0.717) is 30.4 Å². The summed E-state index contributed by atoms with van der Waals surface area (Å²) in [6.07, 6.45) is 0.805. The van der Waals surface area contributed by atoms with Gasteiger partial charge in [-0.1, -0.05) is 32.0 Å². The van der Waals surface area contributed by atoms with Crippen molar-refractivity contribution in [2.75, 3.05) is 11.9 Å². The van der Waals surface area contributed by atoms with Gasteiger partial charge < -0.3 is 14.6 Å². The van der Waals surface area contributed by atoms with Gasteiger partial charge in [0.2, 0.25) is 5.91 Å². The standard InChI is InChI=1S/C17H21FN2O3/c1-17(2,3)14-11-15(20-23-14)19-16(21)8-5-9-22-13-7-4-6-12(18)10-13/h4,6-7,10-11H,5,8-9H2,1-3H3,(H,19,20,21). The van der Waals surface area contributed by atoms with Crippen molar-refractivity contribution in [3.05, 3.63) is 41.9 Å². The molecule has 0 bridgehead atoms. The number of hydrogen-bond acceptors (Lipinski definition) is 4. The lowest BCUT2D eigenvalue weighted by atomic mass is 9.93.